The molecule has 0 aliphatic rings. The van der Waals surface area contributed by atoms with E-state index >= 15 is 0 Å². The normalized spacial score (nSPS) is 10.0. The Morgan fingerprint density at radius 1 is 1.24 bits per heavy atom. The van der Waals surface area contributed by atoms with E-state index in [2.05, 4.69) is 5.32 Å². The van der Waals surface area contributed by atoms with Gasteiger partial charge in [0.15, 0.2) is 0 Å². The number of nitrogens with zero attached hydrogens (tertiary/aromatic N) is 2. The smallest absolute Gasteiger partial charge is 0.226 e. The molecule has 2 aromatic rings. The highest BCUT2D eigenvalue weighted by atomic mass is 35.5. The van der Waals surface area contributed by atoms with E-state index in [0.29, 0.717) is 16.9 Å². The zero-order chi connectivity index (χ0) is 18.4. The molecule has 0 aliphatic carbocycles. The van der Waals surface area contributed by atoms with Crippen LogP contribution in [0.1, 0.15) is 18.9 Å². The lowest BCUT2D eigenvalue weighted by Crippen LogP contribution is -2.31. The summed E-state index contributed by atoms with van der Waals surface area (Å²) in [6, 6.07) is 12.4. The van der Waals surface area contributed by atoms with Gasteiger partial charge in [-0.1, -0.05) is 11.6 Å². The lowest BCUT2D eigenvalue weighted by Gasteiger charge is -2.21. The van der Waals surface area contributed by atoms with Gasteiger partial charge < -0.3 is 10.2 Å². The largest absolute Gasteiger partial charge is 0.326 e. The summed E-state index contributed by atoms with van der Waals surface area (Å²) in [5, 5.41) is 11.3. The summed E-state index contributed by atoms with van der Waals surface area (Å²) in [6.07, 6.45) is 0.0502. The van der Waals surface area contributed by atoms with E-state index in [0.717, 1.165) is 6.07 Å². The Kier molecular flexibility index (Phi) is 6.09. The molecule has 25 heavy (non-hydrogen) atoms. The van der Waals surface area contributed by atoms with Crippen LogP contribution in [0.15, 0.2) is 42.5 Å². The molecule has 5 nitrogen and oxygen atoms in total. The second-order valence-electron chi connectivity index (χ2n) is 5.26. The summed E-state index contributed by atoms with van der Waals surface area (Å²) in [5.41, 5.74) is 1.46. The van der Waals surface area contributed by atoms with Gasteiger partial charge in [-0.15, -0.1) is 0 Å². The molecular weight excluding hydrogens is 345 g/mol. The number of halogens is 2. The topological polar surface area (TPSA) is 73.2 Å². The number of hydrogen-bond acceptors (Lipinski definition) is 3. The summed E-state index contributed by atoms with van der Waals surface area (Å²) in [7, 11) is 0. The van der Waals surface area contributed by atoms with Crippen molar-refractivity contribution in [3.05, 3.63) is 58.9 Å². The standard InChI is InChI=1S/C18H15ClFN3O2/c1-12(24)23(15-5-2-13(11-21)3-6-15)9-8-18(25)22-14-4-7-17(20)16(19)10-14/h2-7,10H,8-9H2,1H3,(H,22,25). The van der Waals surface area contributed by atoms with Gasteiger partial charge in [0.2, 0.25) is 11.8 Å². The predicted octanol–water partition coefficient (Wildman–Crippen LogP) is 3.73. The molecule has 1 N–H and O–H groups in total. The van der Waals surface area contributed by atoms with Crippen molar-refractivity contribution >= 4 is 34.8 Å². The monoisotopic (exact) mass is 359 g/mol. The first-order chi connectivity index (χ1) is 11.9. The zero-order valence-electron chi connectivity index (χ0n) is 13.4. The molecule has 0 saturated carbocycles. The average molecular weight is 360 g/mol. The van der Waals surface area contributed by atoms with Gasteiger partial charge in [-0.3, -0.25) is 9.59 Å². The van der Waals surface area contributed by atoms with Crippen LogP contribution in [0.4, 0.5) is 15.8 Å². The maximum atomic E-state index is 13.1. The Bertz CT molecular complexity index is 831. The maximum absolute atomic E-state index is 13.1. The molecular formula is C18H15ClFN3O2. The van der Waals surface area contributed by atoms with E-state index in [1.54, 1.807) is 24.3 Å². The number of carbonyl (C=O) groups is 2. The van der Waals surface area contributed by atoms with Crippen LogP contribution in [0.2, 0.25) is 5.02 Å². The summed E-state index contributed by atoms with van der Waals surface area (Å²) in [4.78, 5) is 25.3. The number of nitrogens with one attached hydrogen (secondary N) is 1. The summed E-state index contributed by atoms with van der Waals surface area (Å²) in [5.74, 6) is -1.12. The molecule has 2 aromatic carbocycles. The van der Waals surface area contributed by atoms with Crippen molar-refractivity contribution in [3.8, 4) is 6.07 Å². The summed E-state index contributed by atoms with van der Waals surface area (Å²) < 4.78 is 13.1. The van der Waals surface area contributed by atoms with Gasteiger partial charge in [0.1, 0.15) is 5.82 Å². The average Bonchev–Trinajstić information content (AvgIpc) is 2.58. The molecule has 0 aliphatic heterocycles. The van der Waals surface area contributed by atoms with Gasteiger partial charge in [0, 0.05) is 31.3 Å². The van der Waals surface area contributed by atoms with Gasteiger partial charge in [-0.25, -0.2) is 4.39 Å². The number of benzene rings is 2. The highest BCUT2D eigenvalue weighted by molar-refractivity contribution is 6.31. The summed E-state index contributed by atoms with van der Waals surface area (Å²) in [6.45, 7) is 1.57. The van der Waals surface area contributed by atoms with Crippen molar-refractivity contribution in [2.75, 3.05) is 16.8 Å². The molecule has 0 aromatic heterocycles. The number of rotatable bonds is 5. The van der Waals surface area contributed by atoms with E-state index in [-0.39, 0.29) is 29.8 Å². The molecule has 0 heterocycles. The van der Waals surface area contributed by atoms with Crippen LogP contribution in [0.25, 0.3) is 0 Å². The molecule has 0 radical (unpaired) electrons. The van der Waals surface area contributed by atoms with Crippen molar-refractivity contribution in [2.24, 2.45) is 0 Å². The van der Waals surface area contributed by atoms with E-state index in [1.807, 2.05) is 6.07 Å². The Hall–Kier alpha value is -2.91. The van der Waals surface area contributed by atoms with Crippen LogP contribution >= 0.6 is 11.6 Å². The number of hydrogen-bond donors (Lipinski definition) is 1. The van der Waals surface area contributed by atoms with Crippen LogP contribution in [-0.2, 0) is 9.59 Å². The predicted molar refractivity (Wildman–Crippen MR) is 93.8 cm³/mol. The maximum Gasteiger partial charge on any atom is 0.226 e. The van der Waals surface area contributed by atoms with Crippen LogP contribution in [0.5, 0.6) is 0 Å². The van der Waals surface area contributed by atoms with Crippen LogP contribution in [-0.4, -0.2) is 18.4 Å². The molecule has 0 unspecified atom stereocenters. The molecule has 0 spiro atoms. The number of carbonyl (C=O) groups excluding carboxylic acids is 2. The van der Waals surface area contributed by atoms with Gasteiger partial charge >= 0.3 is 0 Å². The van der Waals surface area contributed by atoms with Gasteiger partial charge in [-0.2, -0.15) is 5.26 Å². The first kappa shape index (κ1) is 18.4. The first-order valence-corrected chi connectivity index (χ1v) is 7.81. The van der Waals surface area contributed by atoms with Crippen LogP contribution in [0.3, 0.4) is 0 Å². The molecule has 0 fully saturated rings. The third kappa shape index (κ3) is 5.03. The van der Waals surface area contributed by atoms with E-state index in [4.69, 9.17) is 16.9 Å². The number of anilines is 2. The van der Waals surface area contributed by atoms with Crippen molar-refractivity contribution in [3.63, 3.8) is 0 Å². The third-order valence-electron chi connectivity index (χ3n) is 3.45. The zero-order valence-corrected chi connectivity index (χ0v) is 14.2. The highest BCUT2D eigenvalue weighted by Crippen LogP contribution is 2.20. The SMILES string of the molecule is CC(=O)N(CCC(=O)Nc1ccc(F)c(Cl)c1)c1ccc(C#N)cc1. The summed E-state index contributed by atoms with van der Waals surface area (Å²) >= 11 is 5.67. The minimum atomic E-state index is -0.566. The second-order valence-corrected chi connectivity index (χ2v) is 5.66. The quantitative estimate of drug-likeness (QED) is 0.883. The Morgan fingerprint density at radius 2 is 1.92 bits per heavy atom. The van der Waals surface area contributed by atoms with Crippen LogP contribution < -0.4 is 10.2 Å². The molecule has 0 atom stereocenters. The molecule has 128 valence electrons. The van der Waals surface area contributed by atoms with Crippen molar-refractivity contribution in [1.82, 2.24) is 0 Å². The van der Waals surface area contributed by atoms with Crippen molar-refractivity contribution < 1.29 is 14.0 Å². The second kappa shape index (κ2) is 8.27. The lowest BCUT2D eigenvalue weighted by atomic mass is 10.2. The Labute approximate surface area is 149 Å². The fourth-order valence-electron chi connectivity index (χ4n) is 2.19. The molecule has 0 saturated heterocycles. The molecule has 2 amide bonds. The Morgan fingerprint density at radius 3 is 2.48 bits per heavy atom. The van der Waals surface area contributed by atoms with Crippen molar-refractivity contribution in [2.45, 2.75) is 13.3 Å². The van der Waals surface area contributed by atoms with Crippen LogP contribution in [0, 0.1) is 17.1 Å². The number of amides is 2. The van der Waals surface area contributed by atoms with Gasteiger partial charge in [0.05, 0.1) is 16.7 Å². The molecule has 7 heteroatoms. The fraction of sp³-hybridized carbons (Fsp3) is 0.167. The van der Waals surface area contributed by atoms with E-state index in [9.17, 15) is 14.0 Å². The minimum absolute atomic E-state index is 0.0502. The number of nitriles is 1. The minimum Gasteiger partial charge on any atom is -0.326 e. The van der Waals surface area contributed by atoms with E-state index < -0.39 is 5.82 Å². The Balaban J connectivity index is 2.00. The first-order valence-electron chi connectivity index (χ1n) is 7.44. The van der Waals surface area contributed by atoms with E-state index in [1.165, 1.54) is 24.0 Å². The highest BCUT2D eigenvalue weighted by Gasteiger charge is 2.14. The molecule has 2 rings (SSSR count). The molecule has 0 bridgehead atoms. The van der Waals surface area contributed by atoms with Crippen molar-refractivity contribution in [1.29, 1.82) is 5.26 Å². The fourth-order valence-corrected chi connectivity index (χ4v) is 2.38. The van der Waals surface area contributed by atoms with Gasteiger partial charge in [0.25, 0.3) is 0 Å². The third-order valence-corrected chi connectivity index (χ3v) is 3.74. The van der Waals surface area contributed by atoms with Gasteiger partial charge in [-0.05, 0) is 42.5 Å². The lowest BCUT2D eigenvalue weighted by molar-refractivity contribution is -0.117.